The molecule has 10 atom stereocenters. The molecule has 5 heteroatoms. The Hall–Kier alpha value is -0.750. The molecular formula is C30H48O5. The highest BCUT2D eigenvalue weighted by Gasteiger charge is 2.72. The van der Waals surface area contributed by atoms with Crippen molar-refractivity contribution >= 4 is 5.78 Å². The third kappa shape index (κ3) is 3.05. The fraction of sp³-hybridized carbons (Fsp3) is 0.900. The first-order chi connectivity index (χ1) is 16.2. The van der Waals surface area contributed by atoms with Crippen LogP contribution < -0.4 is 0 Å². The van der Waals surface area contributed by atoms with Crippen LogP contribution in [0.25, 0.3) is 0 Å². The Morgan fingerprint density at radius 2 is 1.54 bits per heavy atom. The second-order valence-electron chi connectivity index (χ2n) is 15.0. The zero-order valence-electron chi connectivity index (χ0n) is 22.7. The highest BCUT2D eigenvalue weighted by molar-refractivity contribution is 5.95. The lowest BCUT2D eigenvalue weighted by molar-refractivity contribution is -0.223. The summed E-state index contributed by atoms with van der Waals surface area (Å²) in [5, 5.41) is 43.6. The van der Waals surface area contributed by atoms with Crippen LogP contribution in [0, 0.1) is 50.2 Å². The van der Waals surface area contributed by atoms with E-state index in [1.54, 1.807) is 0 Å². The summed E-state index contributed by atoms with van der Waals surface area (Å²) in [6.07, 6.45) is 7.11. The summed E-state index contributed by atoms with van der Waals surface area (Å²) in [6.45, 7) is 13.3. The van der Waals surface area contributed by atoms with E-state index in [4.69, 9.17) is 0 Å². The molecule has 35 heavy (non-hydrogen) atoms. The molecule has 0 amide bonds. The minimum absolute atomic E-state index is 0.00754. The van der Waals surface area contributed by atoms with Gasteiger partial charge in [-0.1, -0.05) is 47.1 Å². The molecule has 0 bridgehead atoms. The molecule has 5 rings (SSSR count). The van der Waals surface area contributed by atoms with E-state index in [1.165, 1.54) is 5.57 Å². The van der Waals surface area contributed by atoms with Gasteiger partial charge in [0, 0.05) is 16.7 Å². The minimum atomic E-state index is -0.606. The van der Waals surface area contributed by atoms with Crippen molar-refractivity contribution in [2.75, 3.05) is 13.2 Å². The van der Waals surface area contributed by atoms with Gasteiger partial charge in [0.2, 0.25) is 0 Å². The Labute approximate surface area is 211 Å². The summed E-state index contributed by atoms with van der Waals surface area (Å²) >= 11 is 0. The SMILES string of the molecule is CC1(C)CC[C@@]2(CO)C(C1)C1=CC(=O)C3[C@@]4(C)CC[C@H](O)[C@@](C)(CO)C4CC[C@@]3(C)[C@]1(C)C[C@@H]2O. The summed E-state index contributed by atoms with van der Waals surface area (Å²) in [5.41, 5.74) is -0.843. The molecule has 5 aliphatic rings. The van der Waals surface area contributed by atoms with E-state index >= 15 is 0 Å². The minimum Gasteiger partial charge on any atom is -0.396 e. The molecule has 4 saturated carbocycles. The zero-order chi connectivity index (χ0) is 25.8. The standard InChI is InChI=1S/C30H48O5/c1-25(2)11-12-30(17-32)19(14-25)18-13-20(33)24-26(3)9-8-22(34)27(4,16-31)21(26)7-10-28(24,5)29(18,6)15-23(30)35/h13,19,21-24,31-32,34-35H,7-12,14-17H2,1-6H3/t19?,21?,22-,23-,24?,26-,27-,28+,29+,30+/m0/s1. The first-order valence-electron chi connectivity index (χ1n) is 14.0. The molecule has 0 saturated heterocycles. The Morgan fingerprint density at radius 1 is 0.857 bits per heavy atom. The van der Waals surface area contributed by atoms with Crippen molar-refractivity contribution < 1.29 is 25.2 Å². The van der Waals surface area contributed by atoms with E-state index in [0.29, 0.717) is 12.8 Å². The number of hydrogen-bond acceptors (Lipinski definition) is 5. The lowest BCUT2D eigenvalue weighted by Crippen LogP contribution is -2.69. The molecule has 0 aromatic carbocycles. The van der Waals surface area contributed by atoms with Crippen LogP contribution in [0.2, 0.25) is 0 Å². The highest BCUT2D eigenvalue weighted by atomic mass is 16.3. The summed E-state index contributed by atoms with van der Waals surface area (Å²) in [7, 11) is 0. The molecule has 0 aromatic heterocycles. The molecule has 4 fully saturated rings. The highest BCUT2D eigenvalue weighted by Crippen LogP contribution is 2.75. The number of fused-ring (bicyclic) bond motifs is 7. The van der Waals surface area contributed by atoms with Gasteiger partial charge in [-0.25, -0.2) is 0 Å². The molecule has 3 unspecified atom stereocenters. The third-order valence-electron chi connectivity index (χ3n) is 13.0. The van der Waals surface area contributed by atoms with Gasteiger partial charge in [-0.3, -0.25) is 4.79 Å². The molecule has 4 N–H and O–H groups in total. The third-order valence-corrected chi connectivity index (χ3v) is 13.0. The van der Waals surface area contributed by atoms with E-state index < -0.39 is 23.0 Å². The molecule has 0 heterocycles. The summed E-state index contributed by atoms with van der Waals surface area (Å²) in [6, 6.07) is 0. The quantitative estimate of drug-likeness (QED) is 0.466. The number of carbonyl (C=O) groups excluding carboxylic acids is 1. The average molecular weight is 489 g/mol. The van der Waals surface area contributed by atoms with Crippen LogP contribution in [0.3, 0.4) is 0 Å². The number of rotatable bonds is 2. The second kappa shape index (κ2) is 7.65. The van der Waals surface area contributed by atoms with E-state index in [1.807, 2.05) is 13.0 Å². The van der Waals surface area contributed by atoms with Crippen molar-refractivity contribution in [1.29, 1.82) is 0 Å². The van der Waals surface area contributed by atoms with Crippen molar-refractivity contribution in [1.82, 2.24) is 0 Å². The lowest BCUT2D eigenvalue weighted by Gasteiger charge is -2.71. The predicted molar refractivity (Wildman–Crippen MR) is 135 cm³/mol. The maximum Gasteiger partial charge on any atom is 0.159 e. The zero-order valence-corrected chi connectivity index (χ0v) is 22.7. The fourth-order valence-corrected chi connectivity index (χ4v) is 10.6. The summed E-state index contributed by atoms with van der Waals surface area (Å²) in [4.78, 5) is 14.3. The van der Waals surface area contributed by atoms with Gasteiger partial charge in [-0.05, 0) is 90.9 Å². The van der Waals surface area contributed by atoms with Crippen molar-refractivity contribution in [3.63, 3.8) is 0 Å². The molecule has 198 valence electrons. The van der Waals surface area contributed by atoms with Gasteiger partial charge in [0.15, 0.2) is 5.78 Å². The largest absolute Gasteiger partial charge is 0.396 e. The number of hydrogen-bond donors (Lipinski definition) is 4. The van der Waals surface area contributed by atoms with E-state index in [9.17, 15) is 25.2 Å². The van der Waals surface area contributed by atoms with Gasteiger partial charge in [-0.15, -0.1) is 0 Å². The number of allylic oxidation sites excluding steroid dienone is 2. The Morgan fingerprint density at radius 3 is 2.17 bits per heavy atom. The number of aliphatic hydroxyl groups excluding tert-OH is 4. The topological polar surface area (TPSA) is 98.0 Å². The maximum atomic E-state index is 14.3. The van der Waals surface area contributed by atoms with Crippen LogP contribution in [-0.2, 0) is 4.79 Å². The van der Waals surface area contributed by atoms with Gasteiger partial charge >= 0.3 is 0 Å². The monoisotopic (exact) mass is 488 g/mol. The number of aliphatic hydroxyl groups is 4. The van der Waals surface area contributed by atoms with Crippen LogP contribution in [0.1, 0.15) is 92.9 Å². The molecule has 0 aliphatic heterocycles. The van der Waals surface area contributed by atoms with Gasteiger partial charge in [-0.2, -0.15) is 0 Å². The second-order valence-corrected chi connectivity index (χ2v) is 15.0. The summed E-state index contributed by atoms with van der Waals surface area (Å²) in [5.74, 6) is 0.0675. The normalized spacial score (nSPS) is 55.2. The van der Waals surface area contributed by atoms with Gasteiger partial charge < -0.3 is 20.4 Å². The van der Waals surface area contributed by atoms with Crippen LogP contribution in [0.4, 0.5) is 0 Å². The molecule has 5 aliphatic carbocycles. The fourth-order valence-electron chi connectivity index (χ4n) is 10.6. The first kappa shape index (κ1) is 25.9. The van der Waals surface area contributed by atoms with Gasteiger partial charge in [0.25, 0.3) is 0 Å². The Balaban J connectivity index is 1.66. The van der Waals surface area contributed by atoms with Crippen molar-refractivity contribution in [2.45, 2.75) is 105 Å². The number of carbonyl (C=O) groups is 1. The Bertz CT molecular complexity index is 941. The van der Waals surface area contributed by atoms with Crippen molar-refractivity contribution in [3.8, 4) is 0 Å². The summed E-state index contributed by atoms with van der Waals surface area (Å²) < 4.78 is 0. The van der Waals surface area contributed by atoms with Crippen LogP contribution >= 0.6 is 0 Å². The molecule has 0 spiro atoms. The molecular weight excluding hydrogens is 440 g/mol. The van der Waals surface area contributed by atoms with E-state index in [0.717, 1.165) is 38.5 Å². The lowest BCUT2D eigenvalue weighted by atomic mass is 9.33. The number of ketones is 1. The van der Waals surface area contributed by atoms with Crippen LogP contribution in [0.5, 0.6) is 0 Å². The maximum absolute atomic E-state index is 14.3. The van der Waals surface area contributed by atoms with E-state index in [2.05, 4.69) is 34.6 Å². The van der Waals surface area contributed by atoms with Crippen molar-refractivity contribution in [2.24, 2.45) is 50.2 Å². The predicted octanol–water partition coefficient (Wildman–Crippen LogP) is 4.26. The van der Waals surface area contributed by atoms with E-state index in [-0.39, 0.29) is 58.4 Å². The molecule has 5 nitrogen and oxygen atoms in total. The van der Waals surface area contributed by atoms with Gasteiger partial charge in [0.05, 0.1) is 25.4 Å². The van der Waals surface area contributed by atoms with Crippen LogP contribution in [0.15, 0.2) is 11.6 Å². The first-order valence-corrected chi connectivity index (χ1v) is 14.0. The smallest absolute Gasteiger partial charge is 0.159 e. The Kier molecular flexibility index (Phi) is 5.65. The van der Waals surface area contributed by atoms with Crippen LogP contribution in [-0.4, -0.2) is 51.6 Å². The van der Waals surface area contributed by atoms with Gasteiger partial charge in [0.1, 0.15) is 0 Å². The molecule has 0 radical (unpaired) electrons. The van der Waals surface area contributed by atoms with Crippen molar-refractivity contribution in [3.05, 3.63) is 11.6 Å². The average Bonchev–Trinajstić information content (AvgIpc) is 2.78. The molecule has 0 aromatic rings.